The molecule has 1 N–H and O–H groups in total. The summed E-state index contributed by atoms with van der Waals surface area (Å²) in [6.45, 7) is 2.58. The predicted molar refractivity (Wildman–Crippen MR) is 105 cm³/mol. The first kappa shape index (κ1) is 18.8. The molecule has 7 nitrogen and oxygen atoms in total. The van der Waals surface area contributed by atoms with E-state index >= 15 is 0 Å². The van der Waals surface area contributed by atoms with Crippen molar-refractivity contribution in [3.63, 3.8) is 0 Å². The highest BCUT2D eigenvalue weighted by molar-refractivity contribution is 7.90. The molecule has 0 radical (unpaired) electrons. The van der Waals surface area contributed by atoms with Crippen LogP contribution in [0.1, 0.15) is 17.4 Å². The zero-order chi connectivity index (χ0) is 19.6. The van der Waals surface area contributed by atoms with Gasteiger partial charge in [0.2, 0.25) is 0 Å². The van der Waals surface area contributed by atoms with Crippen LogP contribution in [0.3, 0.4) is 0 Å². The molecule has 28 heavy (non-hydrogen) atoms. The Kier molecular flexibility index (Phi) is 5.25. The lowest BCUT2D eigenvalue weighted by atomic mass is 10.1. The van der Waals surface area contributed by atoms with Crippen LogP contribution in [-0.2, 0) is 15.6 Å². The van der Waals surface area contributed by atoms with Gasteiger partial charge in [-0.3, -0.25) is 4.90 Å². The minimum atomic E-state index is -3.47. The summed E-state index contributed by atoms with van der Waals surface area (Å²) in [5.74, 6) is 0.814. The number of aromatic nitrogens is 2. The molecule has 1 atom stereocenters. The number of hydrogen-bond donors (Lipinski definition) is 1. The summed E-state index contributed by atoms with van der Waals surface area (Å²) in [4.78, 5) is 7.04. The van der Waals surface area contributed by atoms with Gasteiger partial charge in [-0.1, -0.05) is 41.6 Å². The minimum Gasteiger partial charge on any atom is -0.334 e. The van der Waals surface area contributed by atoms with Crippen molar-refractivity contribution in [3.05, 3.63) is 66.0 Å². The van der Waals surface area contributed by atoms with Gasteiger partial charge in [-0.05, 0) is 30.8 Å². The molecule has 8 heteroatoms. The summed E-state index contributed by atoms with van der Waals surface area (Å²) in [5.41, 5.74) is 1.28. The summed E-state index contributed by atoms with van der Waals surface area (Å²) >= 11 is 0. The summed E-state index contributed by atoms with van der Waals surface area (Å²) in [6.07, 6.45) is 0. The van der Waals surface area contributed by atoms with Gasteiger partial charge in [0.1, 0.15) is 0 Å². The van der Waals surface area contributed by atoms with Gasteiger partial charge >= 0.3 is 0 Å². The number of sulfone groups is 1. The molecule has 1 saturated heterocycles. The van der Waals surface area contributed by atoms with Gasteiger partial charge in [-0.25, -0.2) is 8.42 Å². The highest BCUT2D eigenvalue weighted by atomic mass is 32.2. The summed E-state index contributed by atoms with van der Waals surface area (Å²) in [6, 6.07) is 15.7. The minimum absolute atomic E-state index is 0.0338. The Morgan fingerprint density at radius 3 is 2.68 bits per heavy atom. The van der Waals surface area contributed by atoms with Crippen molar-refractivity contribution in [1.29, 1.82) is 0 Å². The molecular weight excluding hydrogens is 376 g/mol. The largest absolute Gasteiger partial charge is 0.334 e. The van der Waals surface area contributed by atoms with E-state index in [9.17, 15) is 8.42 Å². The van der Waals surface area contributed by atoms with E-state index in [0.29, 0.717) is 27.7 Å². The molecule has 146 valence electrons. The fourth-order valence-corrected chi connectivity index (χ4v) is 4.74. The highest BCUT2D eigenvalue weighted by Crippen LogP contribution is 2.28. The molecule has 1 aliphatic rings. The number of likely N-dealkylation sites (N-methyl/N-ethyl adjacent to an activating group) is 1. The van der Waals surface area contributed by atoms with Gasteiger partial charge in [0.05, 0.1) is 16.7 Å². The van der Waals surface area contributed by atoms with E-state index in [4.69, 9.17) is 4.52 Å². The fourth-order valence-electron chi connectivity index (χ4n) is 3.34. The van der Waals surface area contributed by atoms with E-state index in [2.05, 4.69) is 20.4 Å². The molecule has 2 heterocycles. The summed E-state index contributed by atoms with van der Waals surface area (Å²) in [7, 11) is -1.44. The molecule has 0 aliphatic carbocycles. The lowest BCUT2D eigenvalue weighted by molar-refractivity contribution is 0.190. The number of piperazine rings is 1. The van der Waals surface area contributed by atoms with Crippen LogP contribution < -0.4 is 5.32 Å². The lowest BCUT2D eigenvalue weighted by Crippen LogP contribution is -2.44. The topological polar surface area (TPSA) is 88.3 Å². The van der Waals surface area contributed by atoms with Crippen LogP contribution in [-0.4, -0.2) is 50.1 Å². The second-order valence-corrected chi connectivity index (χ2v) is 8.88. The summed E-state index contributed by atoms with van der Waals surface area (Å²) in [5, 5.41) is 7.48. The normalized spacial score (nSPS) is 18.2. The first-order valence-electron chi connectivity index (χ1n) is 9.15. The average Bonchev–Trinajstić information content (AvgIpc) is 3.19. The Morgan fingerprint density at radius 2 is 1.89 bits per heavy atom. The SMILES string of the molecule is CN1CCNCC1c1noc(-c2ccccc2CS(=O)(=O)c2ccccc2)n1. The molecule has 1 fully saturated rings. The van der Waals surface area contributed by atoms with Gasteiger partial charge in [-0.15, -0.1) is 0 Å². The van der Waals surface area contributed by atoms with Gasteiger partial charge in [0.25, 0.3) is 5.89 Å². The lowest BCUT2D eigenvalue weighted by Gasteiger charge is -2.30. The highest BCUT2D eigenvalue weighted by Gasteiger charge is 2.26. The van der Waals surface area contributed by atoms with Crippen molar-refractivity contribution in [2.75, 3.05) is 26.7 Å². The molecule has 0 saturated carbocycles. The number of rotatable bonds is 5. The maximum atomic E-state index is 12.8. The predicted octanol–water partition coefficient (Wildman–Crippen LogP) is 2.29. The molecule has 2 aromatic carbocycles. The first-order valence-corrected chi connectivity index (χ1v) is 10.8. The molecule has 0 spiro atoms. The molecular formula is C20H22N4O3S. The number of nitrogens with zero attached hydrogens (tertiary/aromatic N) is 3. The second kappa shape index (κ2) is 7.83. The Bertz CT molecular complexity index is 1050. The van der Waals surface area contributed by atoms with Crippen LogP contribution in [0.15, 0.2) is 64.0 Å². The molecule has 4 rings (SSSR count). The van der Waals surface area contributed by atoms with Crippen LogP contribution in [0, 0.1) is 0 Å². The Labute approximate surface area is 164 Å². The van der Waals surface area contributed by atoms with Crippen LogP contribution in [0.2, 0.25) is 0 Å². The second-order valence-electron chi connectivity index (χ2n) is 6.89. The van der Waals surface area contributed by atoms with E-state index < -0.39 is 9.84 Å². The van der Waals surface area contributed by atoms with Gasteiger partial charge in [0.15, 0.2) is 15.7 Å². The van der Waals surface area contributed by atoms with Crippen molar-refractivity contribution >= 4 is 9.84 Å². The quantitative estimate of drug-likeness (QED) is 0.705. The molecule has 1 aromatic heterocycles. The Hall–Kier alpha value is -2.55. The zero-order valence-electron chi connectivity index (χ0n) is 15.6. The van der Waals surface area contributed by atoms with E-state index in [1.807, 2.05) is 25.2 Å². The van der Waals surface area contributed by atoms with E-state index in [-0.39, 0.29) is 11.8 Å². The Balaban J connectivity index is 1.64. The summed E-state index contributed by atoms with van der Waals surface area (Å²) < 4.78 is 31.1. The number of benzene rings is 2. The third-order valence-electron chi connectivity index (χ3n) is 4.95. The average molecular weight is 398 g/mol. The monoisotopic (exact) mass is 398 g/mol. The van der Waals surface area contributed by atoms with E-state index in [1.54, 1.807) is 36.4 Å². The van der Waals surface area contributed by atoms with Crippen molar-refractivity contribution in [1.82, 2.24) is 20.4 Å². The van der Waals surface area contributed by atoms with Crippen molar-refractivity contribution in [2.45, 2.75) is 16.7 Å². The van der Waals surface area contributed by atoms with Crippen LogP contribution >= 0.6 is 0 Å². The smallest absolute Gasteiger partial charge is 0.258 e. The Morgan fingerprint density at radius 1 is 1.14 bits per heavy atom. The standard InChI is InChI=1S/C20H22N4O3S/c1-24-12-11-21-13-18(24)19-22-20(27-23-19)17-10-6-5-7-15(17)14-28(25,26)16-8-3-2-4-9-16/h2-10,18,21H,11-14H2,1H3. The fraction of sp³-hybridized carbons (Fsp3) is 0.300. The maximum absolute atomic E-state index is 12.8. The first-order chi connectivity index (χ1) is 13.5. The van der Waals surface area contributed by atoms with Crippen molar-refractivity contribution in [2.24, 2.45) is 0 Å². The van der Waals surface area contributed by atoms with E-state index in [0.717, 1.165) is 19.6 Å². The molecule has 0 amide bonds. The third-order valence-corrected chi connectivity index (χ3v) is 6.63. The third kappa shape index (κ3) is 3.84. The van der Waals surface area contributed by atoms with Gasteiger partial charge < -0.3 is 9.84 Å². The van der Waals surface area contributed by atoms with Gasteiger partial charge in [-0.2, -0.15) is 4.98 Å². The van der Waals surface area contributed by atoms with Crippen LogP contribution in [0.25, 0.3) is 11.5 Å². The van der Waals surface area contributed by atoms with E-state index in [1.165, 1.54) is 0 Å². The zero-order valence-corrected chi connectivity index (χ0v) is 16.4. The molecule has 3 aromatic rings. The molecule has 1 unspecified atom stereocenters. The molecule has 1 aliphatic heterocycles. The van der Waals surface area contributed by atoms with Gasteiger partial charge in [0, 0.05) is 25.2 Å². The van der Waals surface area contributed by atoms with Crippen molar-refractivity contribution < 1.29 is 12.9 Å². The van der Waals surface area contributed by atoms with Crippen molar-refractivity contribution in [3.8, 4) is 11.5 Å². The number of hydrogen-bond acceptors (Lipinski definition) is 7. The van der Waals surface area contributed by atoms with Crippen LogP contribution in [0.4, 0.5) is 0 Å². The molecule has 0 bridgehead atoms. The maximum Gasteiger partial charge on any atom is 0.258 e. The van der Waals surface area contributed by atoms with Crippen LogP contribution in [0.5, 0.6) is 0 Å². The number of nitrogens with one attached hydrogen (secondary N) is 1.